The Balaban J connectivity index is 1.55. The van der Waals surface area contributed by atoms with E-state index in [1.807, 2.05) is 0 Å². The summed E-state index contributed by atoms with van der Waals surface area (Å²) in [7, 11) is 0. The fourth-order valence-corrected chi connectivity index (χ4v) is 3.41. The quantitative estimate of drug-likeness (QED) is 0.778. The summed E-state index contributed by atoms with van der Waals surface area (Å²) in [6, 6.07) is 0.816. The van der Waals surface area contributed by atoms with Crippen molar-refractivity contribution in [1.29, 1.82) is 0 Å². The van der Waals surface area contributed by atoms with E-state index in [4.69, 9.17) is 4.74 Å². The first-order valence-electron chi connectivity index (χ1n) is 8.21. The van der Waals surface area contributed by atoms with Crippen LogP contribution in [0.3, 0.4) is 0 Å². The van der Waals surface area contributed by atoms with Crippen molar-refractivity contribution in [3.63, 3.8) is 0 Å². The summed E-state index contributed by atoms with van der Waals surface area (Å²) in [4.78, 5) is 0. The maximum Gasteiger partial charge on any atom is 0.0810 e. The summed E-state index contributed by atoms with van der Waals surface area (Å²) < 4.78 is 6.52. The number of hydrogen-bond acceptors (Lipinski definition) is 2. The molecule has 0 aromatic rings. The maximum absolute atomic E-state index is 6.52. The van der Waals surface area contributed by atoms with Crippen LogP contribution >= 0.6 is 0 Å². The molecule has 0 heterocycles. The second-order valence-corrected chi connectivity index (χ2v) is 6.86. The molecular formula is C16H29NO. The Labute approximate surface area is 112 Å². The first-order valence-corrected chi connectivity index (χ1v) is 8.21. The van der Waals surface area contributed by atoms with Gasteiger partial charge in [0.15, 0.2) is 0 Å². The van der Waals surface area contributed by atoms with Crippen LogP contribution in [0.15, 0.2) is 0 Å². The number of ether oxygens (including phenoxy) is 1. The molecule has 0 bridgehead atoms. The molecule has 2 heteroatoms. The van der Waals surface area contributed by atoms with E-state index in [0.29, 0.717) is 6.10 Å². The maximum atomic E-state index is 6.52. The van der Waals surface area contributed by atoms with Gasteiger partial charge in [0, 0.05) is 12.6 Å². The van der Waals surface area contributed by atoms with Crippen molar-refractivity contribution < 1.29 is 4.74 Å². The first-order chi connectivity index (χ1) is 8.80. The molecule has 0 atom stereocenters. The van der Waals surface area contributed by atoms with Crippen LogP contribution in [0.5, 0.6) is 0 Å². The lowest BCUT2D eigenvalue weighted by Gasteiger charge is -2.44. The fourth-order valence-electron chi connectivity index (χ4n) is 3.41. The van der Waals surface area contributed by atoms with Gasteiger partial charge < -0.3 is 10.1 Å². The molecule has 3 saturated carbocycles. The van der Waals surface area contributed by atoms with E-state index < -0.39 is 0 Å². The lowest BCUT2D eigenvalue weighted by Crippen LogP contribution is -2.49. The fraction of sp³-hybridized carbons (Fsp3) is 1.00. The van der Waals surface area contributed by atoms with E-state index in [1.54, 1.807) is 0 Å². The molecule has 0 radical (unpaired) electrons. The van der Waals surface area contributed by atoms with Gasteiger partial charge in [0.05, 0.1) is 11.7 Å². The van der Waals surface area contributed by atoms with Crippen molar-refractivity contribution in [3.8, 4) is 0 Å². The Kier molecular flexibility index (Phi) is 3.95. The van der Waals surface area contributed by atoms with Crippen LogP contribution in [0.1, 0.15) is 71.1 Å². The molecule has 1 N–H and O–H groups in total. The minimum absolute atomic E-state index is 0.194. The number of nitrogens with one attached hydrogen (secondary N) is 1. The molecule has 3 rings (SSSR count). The third-order valence-electron chi connectivity index (χ3n) is 5.35. The molecule has 0 spiro atoms. The van der Waals surface area contributed by atoms with Crippen molar-refractivity contribution in [2.45, 2.75) is 88.9 Å². The first kappa shape index (κ1) is 12.9. The van der Waals surface area contributed by atoms with Crippen LogP contribution in [0.2, 0.25) is 0 Å². The zero-order chi connectivity index (χ0) is 12.4. The minimum Gasteiger partial charge on any atom is -0.370 e. The van der Waals surface area contributed by atoms with Crippen molar-refractivity contribution in [2.75, 3.05) is 6.54 Å². The smallest absolute Gasteiger partial charge is 0.0810 e. The molecule has 3 fully saturated rings. The van der Waals surface area contributed by atoms with Gasteiger partial charge in [-0.3, -0.25) is 0 Å². The minimum atomic E-state index is 0.194. The largest absolute Gasteiger partial charge is 0.370 e. The van der Waals surface area contributed by atoms with Crippen LogP contribution in [-0.4, -0.2) is 24.3 Å². The van der Waals surface area contributed by atoms with Crippen molar-refractivity contribution in [1.82, 2.24) is 5.32 Å². The van der Waals surface area contributed by atoms with E-state index in [-0.39, 0.29) is 5.60 Å². The van der Waals surface area contributed by atoms with Gasteiger partial charge in [-0.15, -0.1) is 0 Å². The van der Waals surface area contributed by atoms with Crippen molar-refractivity contribution in [2.24, 2.45) is 5.92 Å². The van der Waals surface area contributed by atoms with E-state index >= 15 is 0 Å². The third-order valence-corrected chi connectivity index (χ3v) is 5.35. The molecule has 0 aromatic carbocycles. The molecule has 0 amide bonds. The standard InChI is InChI=1S/C16H29NO/c1-2-13-8-10-16(11-9-13,12-17-14-6-7-14)18-15-4-3-5-15/h13-15,17H,2-12H2,1H3. The molecule has 0 aliphatic heterocycles. The van der Waals surface area contributed by atoms with Gasteiger partial charge in [-0.2, -0.15) is 0 Å². The normalized spacial score (nSPS) is 37.5. The van der Waals surface area contributed by atoms with Gasteiger partial charge >= 0.3 is 0 Å². The molecule has 3 aliphatic rings. The highest BCUT2D eigenvalue weighted by Gasteiger charge is 2.40. The average molecular weight is 251 g/mol. The lowest BCUT2D eigenvalue weighted by atomic mass is 9.77. The zero-order valence-corrected chi connectivity index (χ0v) is 11.9. The van der Waals surface area contributed by atoms with Gasteiger partial charge in [0.25, 0.3) is 0 Å². The molecule has 0 saturated heterocycles. The van der Waals surface area contributed by atoms with Crippen LogP contribution in [0, 0.1) is 5.92 Å². The van der Waals surface area contributed by atoms with Gasteiger partial charge in [-0.05, 0) is 63.7 Å². The number of rotatable bonds is 6. The van der Waals surface area contributed by atoms with Gasteiger partial charge in [-0.1, -0.05) is 13.3 Å². The number of hydrogen-bond donors (Lipinski definition) is 1. The molecule has 2 nitrogen and oxygen atoms in total. The second kappa shape index (κ2) is 5.50. The molecule has 0 aromatic heterocycles. The predicted molar refractivity (Wildman–Crippen MR) is 74.7 cm³/mol. The molecular weight excluding hydrogens is 222 g/mol. The topological polar surface area (TPSA) is 21.3 Å². The molecule has 3 aliphatic carbocycles. The van der Waals surface area contributed by atoms with Crippen LogP contribution < -0.4 is 5.32 Å². The van der Waals surface area contributed by atoms with Crippen LogP contribution in [-0.2, 0) is 4.74 Å². The predicted octanol–water partition coefficient (Wildman–Crippen LogP) is 3.65. The zero-order valence-electron chi connectivity index (χ0n) is 11.9. The monoisotopic (exact) mass is 251 g/mol. The summed E-state index contributed by atoms with van der Waals surface area (Å²) in [6.07, 6.45) is 14.1. The Morgan fingerprint density at radius 2 is 1.78 bits per heavy atom. The van der Waals surface area contributed by atoms with Crippen LogP contribution in [0.4, 0.5) is 0 Å². The Morgan fingerprint density at radius 1 is 1.06 bits per heavy atom. The summed E-state index contributed by atoms with van der Waals surface area (Å²) in [5.41, 5.74) is 0.194. The van der Waals surface area contributed by atoms with Gasteiger partial charge in [0.1, 0.15) is 0 Å². The summed E-state index contributed by atoms with van der Waals surface area (Å²) in [5, 5.41) is 3.73. The van der Waals surface area contributed by atoms with E-state index in [1.165, 1.54) is 64.2 Å². The Morgan fingerprint density at radius 3 is 2.28 bits per heavy atom. The Bertz CT molecular complexity index is 262. The highest BCUT2D eigenvalue weighted by molar-refractivity contribution is 4.94. The highest BCUT2D eigenvalue weighted by atomic mass is 16.5. The molecule has 0 unspecified atom stereocenters. The second-order valence-electron chi connectivity index (χ2n) is 6.86. The highest BCUT2D eigenvalue weighted by Crippen LogP contribution is 2.39. The average Bonchev–Trinajstić information content (AvgIpc) is 3.17. The van der Waals surface area contributed by atoms with Crippen LogP contribution in [0.25, 0.3) is 0 Å². The third kappa shape index (κ3) is 3.08. The summed E-state index contributed by atoms with van der Waals surface area (Å²) >= 11 is 0. The lowest BCUT2D eigenvalue weighted by molar-refractivity contribution is -0.141. The van der Waals surface area contributed by atoms with Gasteiger partial charge in [0.2, 0.25) is 0 Å². The van der Waals surface area contributed by atoms with Crippen molar-refractivity contribution in [3.05, 3.63) is 0 Å². The van der Waals surface area contributed by atoms with Gasteiger partial charge in [-0.25, -0.2) is 0 Å². The van der Waals surface area contributed by atoms with E-state index in [9.17, 15) is 0 Å². The summed E-state index contributed by atoms with van der Waals surface area (Å²) in [6.45, 7) is 3.46. The Hall–Kier alpha value is -0.0800. The van der Waals surface area contributed by atoms with Crippen molar-refractivity contribution >= 4 is 0 Å². The van der Waals surface area contributed by atoms with E-state index in [0.717, 1.165) is 18.5 Å². The van der Waals surface area contributed by atoms with E-state index in [2.05, 4.69) is 12.2 Å². The molecule has 104 valence electrons. The summed E-state index contributed by atoms with van der Waals surface area (Å²) in [5.74, 6) is 0.962. The SMILES string of the molecule is CCC1CCC(CNC2CC2)(OC2CCC2)CC1. The molecule has 18 heavy (non-hydrogen) atoms.